The molecule has 1 fully saturated rings. The van der Waals surface area contributed by atoms with E-state index in [-0.39, 0.29) is 16.5 Å². The number of hydrogen-bond acceptors (Lipinski definition) is 4. The monoisotopic (exact) mass is 329 g/mol. The second-order valence-electron chi connectivity index (χ2n) is 5.02. The first-order valence-corrected chi connectivity index (χ1v) is 9.43. The largest absolute Gasteiger partial charge is 0.478 e. The zero-order valence-electron chi connectivity index (χ0n) is 12.1. The molecule has 0 spiro atoms. The van der Waals surface area contributed by atoms with Crippen molar-refractivity contribution in [1.29, 1.82) is 0 Å². The molecule has 1 heterocycles. The van der Waals surface area contributed by atoms with Crippen molar-refractivity contribution >= 4 is 27.8 Å². The molecule has 1 aromatic rings. The molecule has 1 atom stereocenters. The Morgan fingerprint density at radius 3 is 2.76 bits per heavy atom. The van der Waals surface area contributed by atoms with Gasteiger partial charge in [-0.15, -0.1) is 0 Å². The van der Waals surface area contributed by atoms with Crippen LogP contribution in [-0.4, -0.2) is 47.9 Å². The van der Waals surface area contributed by atoms with Crippen molar-refractivity contribution in [3.63, 3.8) is 0 Å². The zero-order chi connectivity index (χ0) is 15.6. The van der Waals surface area contributed by atoms with Crippen LogP contribution >= 0.6 is 11.8 Å². The Hall–Kier alpha value is -1.05. The SMILES string of the molecule is CCc1ccc(C(=O)O)cc1S(=O)(=O)N1CCSCC1C. The van der Waals surface area contributed by atoms with Gasteiger partial charge in [-0.1, -0.05) is 13.0 Å². The first-order valence-electron chi connectivity index (χ1n) is 6.83. The topological polar surface area (TPSA) is 74.7 Å². The maximum absolute atomic E-state index is 12.9. The maximum Gasteiger partial charge on any atom is 0.335 e. The van der Waals surface area contributed by atoms with Crippen molar-refractivity contribution < 1.29 is 18.3 Å². The van der Waals surface area contributed by atoms with Crippen LogP contribution in [0.2, 0.25) is 0 Å². The van der Waals surface area contributed by atoms with Crippen LogP contribution < -0.4 is 0 Å². The van der Waals surface area contributed by atoms with Crippen LogP contribution in [0.1, 0.15) is 29.8 Å². The number of aryl methyl sites for hydroxylation is 1. The third-order valence-electron chi connectivity index (χ3n) is 3.59. The lowest BCUT2D eigenvalue weighted by Gasteiger charge is -2.32. The third kappa shape index (κ3) is 3.25. The van der Waals surface area contributed by atoms with Gasteiger partial charge in [-0.25, -0.2) is 13.2 Å². The van der Waals surface area contributed by atoms with E-state index >= 15 is 0 Å². The summed E-state index contributed by atoms with van der Waals surface area (Å²) in [5.41, 5.74) is 0.662. The quantitative estimate of drug-likeness (QED) is 0.915. The number of rotatable bonds is 4. The van der Waals surface area contributed by atoms with Crippen molar-refractivity contribution in [2.75, 3.05) is 18.1 Å². The Labute approximate surface area is 129 Å². The molecule has 1 aliphatic rings. The van der Waals surface area contributed by atoms with Crippen LogP contribution in [-0.2, 0) is 16.4 Å². The van der Waals surface area contributed by atoms with E-state index in [9.17, 15) is 13.2 Å². The van der Waals surface area contributed by atoms with Crippen LogP contribution in [0.3, 0.4) is 0 Å². The normalized spacial score (nSPS) is 20.4. The predicted molar refractivity (Wildman–Crippen MR) is 83.5 cm³/mol. The van der Waals surface area contributed by atoms with E-state index in [0.717, 1.165) is 11.5 Å². The summed E-state index contributed by atoms with van der Waals surface area (Å²) < 4.78 is 27.2. The number of thioether (sulfide) groups is 1. The van der Waals surface area contributed by atoms with E-state index in [0.29, 0.717) is 18.5 Å². The number of nitrogens with zero attached hydrogens (tertiary/aromatic N) is 1. The van der Waals surface area contributed by atoms with Crippen molar-refractivity contribution in [3.8, 4) is 0 Å². The highest BCUT2D eigenvalue weighted by Gasteiger charge is 2.33. The van der Waals surface area contributed by atoms with Gasteiger partial charge in [-0.3, -0.25) is 0 Å². The van der Waals surface area contributed by atoms with E-state index < -0.39 is 16.0 Å². The van der Waals surface area contributed by atoms with E-state index in [4.69, 9.17) is 5.11 Å². The molecule has 21 heavy (non-hydrogen) atoms. The molecule has 1 aromatic carbocycles. The molecule has 0 bridgehead atoms. The van der Waals surface area contributed by atoms with Gasteiger partial charge in [0.2, 0.25) is 10.0 Å². The summed E-state index contributed by atoms with van der Waals surface area (Å²) in [6.07, 6.45) is 0.547. The molecule has 2 rings (SSSR count). The average Bonchev–Trinajstić information content (AvgIpc) is 2.46. The van der Waals surface area contributed by atoms with Crippen LogP contribution in [0.4, 0.5) is 0 Å². The van der Waals surface area contributed by atoms with Crippen LogP contribution in [0.15, 0.2) is 23.1 Å². The number of carbonyl (C=O) groups is 1. The van der Waals surface area contributed by atoms with Gasteiger partial charge in [0.1, 0.15) is 0 Å². The number of hydrogen-bond donors (Lipinski definition) is 1. The van der Waals surface area contributed by atoms with Gasteiger partial charge in [0.05, 0.1) is 10.5 Å². The van der Waals surface area contributed by atoms with Gasteiger partial charge in [0.15, 0.2) is 0 Å². The van der Waals surface area contributed by atoms with E-state index in [2.05, 4.69) is 0 Å². The highest BCUT2D eigenvalue weighted by molar-refractivity contribution is 7.99. The van der Waals surface area contributed by atoms with Crippen molar-refractivity contribution in [2.24, 2.45) is 0 Å². The number of carboxylic acids is 1. The summed E-state index contributed by atoms with van der Waals surface area (Å²) in [5, 5.41) is 9.09. The fourth-order valence-electron chi connectivity index (χ4n) is 2.42. The molecular formula is C14H19NO4S2. The minimum Gasteiger partial charge on any atom is -0.478 e. The highest BCUT2D eigenvalue weighted by atomic mass is 32.2. The Morgan fingerprint density at radius 2 is 2.19 bits per heavy atom. The Morgan fingerprint density at radius 1 is 1.48 bits per heavy atom. The molecule has 1 saturated heterocycles. The molecule has 1 aliphatic heterocycles. The minimum atomic E-state index is -3.65. The number of aromatic carboxylic acids is 1. The van der Waals surface area contributed by atoms with E-state index in [1.54, 1.807) is 17.8 Å². The second kappa shape index (κ2) is 6.37. The van der Waals surface area contributed by atoms with Gasteiger partial charge in [0.25, 0.3) is 0 Å². The van der Waals surface area contributed by atoms with Crippen LogP contribution in [0.25, 0.3) is 0 Å². The third-order valence-corrected chi connectivity index (χ3v) is 6.87. The first kappa shape index (κ1) is 16.3. The van der Waals surface area contributed by atoms with E-state index in [1.165, 1.54) is 16.4 Å². The van der Waals surface area contributed by atoms with Gasteiger partial charge in [-0.2, -0.15) is 16.1 Å². The molecule has 0 radical (unpaired) electrons. The molecule has 0 aliphatic carbocycles. The summed E-state index contributed by atoms with van der Waals surface area (Å²) in [6, 6.07) is 4.26. The molecule has 0 saturated carbocycles. The fourth-order valence-corrected chi connectivity index (χ4v) is 5.59. The van der Waals surface area contributed by atoms with Crippen molar-refractivity contribution in [1.82, 2.24) is 4.31 Å². The lowest BCUT2D eigenvalue weighted by molar-refractivity contribution is 0.0696. The molecule has 1 N–H and O–H groups in total. The summed E-state index contributed by atoms with van der Waals surface area (Å²) in [5.74, 6) is 0.416. The fraction of sp³-hybridized carbons (Fsp3) is 0.500. The lowest BCUT2D eigenvalue weighted by atomic mass is 10.1. The summed E-state index contributed by atoms with van der Waals surface area (Å²) >= 11 is 1.74. The van der Waals surface area contributed by atoms with Crippen molar-refractivity contribution in [3.05, 3.63) is 29.3 Å². The van der Waals surface area contributed by atoms with Crippen molar-refractivity contribution in [2.45, 2.75) is 31.2 Å². The number of carboxylic acid groups (broad SMARTS) is 1. The molecular weight excluding hydrogens is 310 g/mol. The smallest absolute Gasteiger partial charge is 0.335 e. The summed E-state index contributed by atoms with van der Waals surface area (Å²) in [7, 11) is -3.65. The lowest BCUT2D eigenvalue weighted by Crippen LogP contribution is -2.44. The van der Waals surface area contributed by atoms with Crippen LogP contribution in [0, 0.1) is 0 Å². The molecule has 0 aromatic heterocycles. The molecule has 116 valence electrons. The Kier molecular flexibility index (Phi) is 4.95. The van der Waals surface area contributed by atoms with Gasteiger partial charge in [0, 0.05) is 24.1 Å². The van der Waals surface area contributed by atoms with Crippen LogP contribution in [0.5, 0.6) is 0 Å². The second-order valence-corrected chi connectivity index (χ2v) is 8.03. The Bertz CT molecular complexity index is 642. The molecule has 1 unspecified atom stereocenters. The minimum absolute atomic E-state index is 0.00446. The van der Waals surface area contributed by atoms with Gasteiger partial charge >= 0.3 is 5.97 Å². The standard InChI is InChI=1S/C14H19NO4S2/c1-3-11-4-5-12(14(16)17)8-13(11)21(18,19)15-6-7-20-9-10(15)2/h4-5,8,10H,3,6-7,9H2,1-2H3,(H,16,17). The molecule has 0 amide bonds. The molecule has 7 heteroatoms. The maximum atomic E-state index is 12.9. The highest BCUT2D eigenvalue weighted by Crippen LogP contribution is 2.27. The molecule has 5 nitrogen and oxygen atoms in total. The zero-order valence-corrected chi connectivity index (χ0v) is 13.7. The van der Waals surface area contributed by atoms with Gasteiger partial charge in [-0.05, 0) is 31.0 Å². The average molecular weight is 329 g/mol. The van der Waals surface area contributed by atoms with Gasteiger partial charge < -0.3 is 5.11 Å². The summed E-state index contributed by atoms with van der Waals surface area (Å²) in [4.78, 5) is 11.2. The van der Waals surface area contributed by atoms with E-state index in [1.807, 2.05) is 13.8 Å². The number of benzene rings is 1. The first-order chi connectivity index (χ1) is 9.87. The number of sulfonamides is 1. The predicted octanol–water partition coefficient (Wildman–Crippen LogP) is 2.07. The Balaban J connectivity index is 2.52. The summed E-state index contributed by atoms with van der Waals surface area (Å²) in [6.45, 7) is 4.22.